The first kappa shape index (κ1) is 20.9. The molecule has 1 rings (SSSR count). The van der Waals surface area contributed by atoms with Crippen LogP contribution in [0, 0.1) is 0 Å². The lowest BCUT2D eigenvalue weighted by Gasteiger charge is -2.28. The van der Waals surface area contributed by atoms with Crippen molar-refractivity contribution in [1.29, 1.82) is 0 Å². The number of β-amino-alcohol motifs (C(OH)–C–C–N with tert-alkyl or cyclic N) is 1. The summed E-state index contributed by atoms with van der Waals surface area (Å²) in [6.45, 7) is 7.29. The summed E-state index contributed by atoms with van der Waals surface area (Å²) in [5.41, 5.74) is 5.76. The van der Waals surface area contributed by atoms with Crippen LogP contribution in [0.4, 0.5) is 0 Å². The van der Waals surface area contributed by atoms with Crippen LogP contribution in [0.2, 0.25) is 0 Å². The highest BCUT2D eigenvalue weighted by atomic mass is 127. The number of unbranched alkanes of at least 4 members (excludes halogenated alkanes) is 3. The van der Waals surface area contributed by atoms with E-state index >= 15 is 0 Å². The number of guanidine groups is 1. The summed E-state index contributed by atoms with van der Waals surface area (Å²) < 4.78 is 5.27. The Morgan fingerprint density at radius 1 is 1.33 bits per heavy atom. The van der Waals surface area contributed by atoms with E-state index in [0.29, 0.717) is 19.0 Å². The highest BCUT2D eigenvalue weighted by Gasteiger charge is 2.14. The first-order valence-electron chi connectivity index (χ1n) is 7.74. The van der Waals surface area contributed by atoms with E-state index in [0.717, 1.165) is 39.3 Å². The molecule has 0 spiro atoms. The van der Waals surface area contributed by atoms with Gasteiger partial charge in [-0.15, -0.1) is 24.0 Å². The van der Waals surface area contributed by atoms with Crippen molar-refractivity contribution >= 4 is 29.9 Å². The monoisotopic (exact) mass is 414 g/mol. The molecule has 0 saturated carbocycles. The van der Waals surface area contributed by atoms with Gasteiger partial charge in [-0.1, -0.05) is 26.2 Å². The molecule has 1 unspecified atom stereocenters. The van der Waals surface area contributed by atoms with Crippen LogP contribution in [0.15, 0.2) is 4.99 Å². The molecule has 1 atom stereocenters. The van der Waals surface area contributed by atoms with E-state index in [2.05, 4.69) is 22.1 Å². The van der Waals surface area contributed by atoms with Crippen molar-refractivity contribution in [3.8, 4) is 0 Å². The second kappa shape index (κ2) is 13.5. The molecule has 0 radical (unpaired) electrons. The predicted octanol–water partition coefficient (Wildman–Crippen LogP) is 0.782. The molecule has 0 aromatic rings. The number of hydrogen-bond donors (Lipinski definition) is 3. The molecule has 0 aromatic heterocycles. The molecule has 1 fully saturated rings. The molecule has 0 aromatic carbocycles. The van der Waals surface area contributed by atoms with Crippen LogP contribution in [0.1, 0.15) is 32.6 Å². The average molecular weight is 414 g/mol. The lowest BCUT2D eigenvalue weighted by atomic mass is 10.2. The fourth-order valence-corrected chi connectivity index (χ4v) is 2.17. The van der Waals surface area contributed by atoms with Crippen molar-refractivity contribution in [2.45, 2.75) is 38.7 Å². The highest BCUT2D eigenvalue weighted by molar-refractivity contribution is 14.0. The number of nitrogens with zero attached hydrogens (tertiary/aromatic N) is 2. The van der Waals surface area contributed by atoms with Crippen molar-refractivity contribution in [3.63, 3.8) is 0 Å². The van der Waals surface area contributed by atoms with Gasteiger partial charge in [0.25, 0.3) is 0 Å². The molecule has 6 nitrogen and oxygen atoms in total. The summed E-state index contributed by atoms with van der Waals surface area (Å²) in [6, 6.07) is 0. The van der Waals surface area contributed by atoms with Gasteiger partial charge in [0.15, 0.2) is 5.96 Å². The number of morpholine rings is 1. The van der Waals surface area contributed by atoms with Gasteiger partial charge in [-0.3, -0.25) is 9.89 Å². The molecule has 7 heteroatoms. The number of aliphatic hydroxyl groups is 1. The maximum absolute atomic E-state index is 9.92. The largest absolute Gasteiger partial charge is 0.390 e. The minimum atomic E-state index is -0.464. The summed E-state index contributed by atoms with van der Waals surface area (Å²) in [4.78, 5) is 6.38. The number of ether oxygens (including phenoxy) is 1. The molecule has 4 N–H and O–H groups in total. The zero-order valence-corrected chi connectivity index (χ0v) is 15.4. The number of halogens is 1. The van der Waals surface area contributed by atoms with Gasteiger partial charge in [-0.2, -0.15) is 0 Å². The Morgan fingerprint density at radius 2 is 2.05 bits per heavy atom. The van der Waals surface area contributed by atoms with Crippen LogP contribution >= 0.6 is 24.0 Å². The second-order valence-electron chi connectivity index (χ2n) is 5.28. The van der Waals surface area contributed by atoms with Gasteiger partial charge in [0.05, 0.1) is 25.9 Å². The third-order valence-electron chi connectivity index (χ3n) is 3.38. The summed E-state index contributed by atoms with van der Waals surface area (Å²) in [6.07, 6.45) is 4.36. The lowest BCUT2D eigenvalue weighted by Crippen LogP contribution is -2.42. The SMILES string of the molecule is CCCCCCNC(N)=NCC(O)CN1CCOCC1.I. The van der Waals surface area contributed by atoms with Gasteiger partial charge in [0.2, 0.25) is 0 Å². The molecular formula is C14H31IN4O2. The number of aliphatic imine (C=N–C) groups is 1. The number of hydrogen-bond acceptors (Lipinski definition) is 4. The Balaban J connectivity index is 0.00000400. The summed E-state index contributed by atoms with van der Waals surface area (Å²) in [5, 5.41) is 13.0. The summed E-state index contributed by atoms with van der Waals surface area (Å²) in [5.74, 6) is 0.433. The minimum absolute atomic E-state index is 0. The Bertz CT molecular complexity index is 274. The van der Waals surface area contributed by atoms with E-state index in [9.17, 15) is 5.11 Å². The van der Waals surface area contributed by atoms with Crippen LogP contribution in [0.25, 0.3) is 0 Å². The number of aliphatic hydroxyl groups excluding tert-OH is 1. The third kappa shape index (κ3) is 11.1. The molecular weight excluding hydrogens is 383 g/mol. The van der Waals surface area contributed by atoms with Gasteiger partial charge < -0.3 is 20.9 Å². The average Bonchev–Trinajstić information content (AvgIpc) is 2.46. The molecule has 1 aliphatic heterocycles. The smallest absolute Gasteiger partial charge is 0.188 e. The second-order valence-corrected chi connectivity index (χ2v) is 5.28. The van der Waals surface area contributed by atoms with Crippen LogP contribution < -0.4 is 11.1 Å². The highest BCUT2D eigenvalue weighted by Crippen LogP contribution is 1.99. The van der Waals surface area contributed by atoms with E-state index in [-0.39, 0.29) is 24.0 Å². The van der Waals surface area contributed by atoms with E-state index in [1.54, 1.807) is 0 Å². The standard InChI is InChI=1S/C14H30N4O2.HI/c1-2-3-4-5-6-16-14(15)17-11-13(19)12-18-7-9-20-10-8-18;/h13,19H,2-12H2,1H3,(H3,15,16,17);1H. The number of nitrogens with one attached hydrogen (secondary N) is 1. The first-order valence-corrected chi connectivity index (χ1v) is 7.74. The topological polar surface area (TPSA) is 83.1 Å². The normalized spacial score (nSPS) is 18.1. The van der Waals surface area contributed by atoms with Gasteiger partial charge in [-0.05, 0) is 6.42 Å². The van der Waals surface area contributed by atoms with Crippen molar-refractivity contribution in [2.75, 3.05) is 45.9 Å². The van der Waals surface area contributed by atoms with Gasteiger partial charge >= 0.3 is 0 Å². The Kier molecular flexibility index (Phi) is 13.5. The van der Waals surface area contributed by atoms with Gasteiger partial charge in [0, 0.05) is 26.2 Å². The van der Waals surface area contributed by atoms with Crippen molar-refractivity contribution in [3.05, 3.63) is 0 Å². The summed E-state index contributed by atoms with van der Waals surface area (Å²) in [7, 11) is 0. The zero-order chi connectivity index (χ0) is 14.6. The van der Waals surface area contributed by atoms with Crippen LogP contribution in [-0.2, 0) is 4.74 Å². The molecule has 126 valence electrons. The van der Waals surface area contributed by atoms with E-state index in [1.165, 1.54) is 19.3 Å². The summed E-state index contributed by atoms with van der Waals surface area (Å²) >= 11 is 0. The molecule has 0 aliphatic carbocycles. The minimum Gasteiger partial charge on any atom is -0.390 e. The van der Waals surface area contributed by atoms with Crippen LogP contribution in [-0.4, -0.2) is 68.0 Å². The van der Waals surface area contributed by atoms with E-state index < -0.39 is 6.10 Å². The molecule has 0 bridgehead atoms. The first-order chi connectivity index (χ1) is 9.72. The molecule has 1 heterocycles. The molecule has 0 amide bonds. The van der Waals surface area contributed by atoms with Crippen LogP contribution in [0.5, 0.6) is 0 Å². The molecule has 21 heavy (non-hydrogen) atoms. The maximum Gasteiger partial charge on any atom is 0.188 e. The zero-order valence-electron chi connectivity index (χ0n) is 13.1. The molecule has 1 aliphatic rings. The van der Waals surface area contributed by atoms with E-state index in [1.807, 2.05) is 0 Å². The lowest BCUT2D eigenvalue weighted by molar-refractivity contribution is 0.0165. The van der Waals surface area contributed by atoms with Crippen molar-refractivity contribution in [2.24, 2.45) is 10.7 Å². The fraction of sp³-hybridized carbons (Fsp3) is 0.929. The quantitative estimate of drug-likeness (QED) is 0.225. The Morgan fingerprint density at radius 3 is 2.71 bits per heavy atom. The predicted molar refractivity (Wildman–Crippen MR) is 97.3 cm³/mol. The fourth-order valence-electron chi connectivity index (χ4n) is 2.17. The maximum atomic E-state index is 9.92. The number of rotatable bonds is 9. The molecule has 1 saturated heterocycles. The van der Waals surface area contributed by atoms with Gasteiger partial charge in [0.1, 0.15) is 0 Å². The third-order valence-corrected chi connectivity index (χ3v) is 3.38. The number of nitrogens with two attached hydrogens (primary N) is 1. The van der Waals surface area contributed by atoms with Crippen molar-refractivity contribution < 1.29 is 9.84 Å². The van der Waals surface area contributed by atoms with Gasteiger partial charge in [-0.25, -0.2) is 0 Å². The van der Waals surface area contributed by atoms with Crippen LogP contribution in [0.3, 0.4) is 0 Å². The Labute approximate surface area is 145 Å². The van der Waals surface area contributed by atoms with E-state index in [4.69, 9.17) is 10.5 Å². The van der Waals surface area contributed by atoms with Crippen molar-refractivity contribution in [1.82, 2.24) is 10.2 Å². The Hall–Kier alpha value is -0.120.